The number of hydrogen-bond donors (Lipinski definition) is 0. The van der Waals surface area contributed by atoms with Crippen molar-refractivity contribution < 1.29 is 23.9 Å². The van der Waals surface area contributed by atoms with Crippen molar-refractivity contribution in [1.82, 2.24) is 29.5 Å². The maximum Gasteiger partial charge on any atom is 0.302 e. The smallest absolute Gasteiger partial charge is 0.302 e. The molecule has 43 heavy (non-hydrogen) atoms. The second-order valence-corrected chi connectivity index (χ2v) is 11.3. The first kappa shape index (κ1) is 30.4. The fraction of sp³-hybridized carbons (Fsp3) is 0.533. The number of ether oxygens (including phenoxy) is 2. The van der Waals surface area contributed by atoms with Crippen LogP contribution in [0.5, 0.6) is 0 Å². The predicted molar refractivity (Wildman–Crippen MR) is 160 cm³/mol. The maximum atomic E-state index is 13.4. The number of pyridine rings is 1. The summed E-state index contributed by atoms with van der Waals surface area (Å²) in [4.78, 5) is 55.3. The summed E-state index contributed by atoms with van der Waals surface area (Å²) in [5.74, 6) is -0.100. The van der Waals surface area contributed by atoms with Gasteiger partial charge in [-0.2, -0.15) is 5.10 Å². The summed E-state index contributed by atoms with van der Waals surface area (Å²) in [6.07, 6.45) is 2.02. The van der Waals surface area contributed by atoms with Gasteiger partial charge in [0.2, 0.25) is 0 Å². The fourth-order valence-electron chi connectivity index (χ4n) is 5.90. The predicted octanol–water partition coefficient (Wildman–Crippen LogP) is 1.70. The van der Waals surface area contributed by atoms with E-state index < -0.39 is 5.97 Å². The lowest BCUT2D eigenvalue weighted by molar-refractivity contribution is -0.142. The average molecular weight is 593 g/mol. The van der Waals surface area contributed by atoms with E-state index in [9.17, 15) is 14.4 Å². The number of fused-ring (bicyclic) bond motifs is 1. The minimum absolute atomic E-state index is 0.0549. The Morgan fingerprint density at radius 2 is 1.95 bits per heavy atom. The van der Waals surface area contributed by atoms with Gasteiger partial charge in [0, 0.05) is 97.1 Å². The normalized spacial score (nSPS) is 22.4. The summed E-state index contributed by atoms with van der Waals surface area (Å²) in [5.41, 5.74) is 3.30. The van der Waals surface area contributed by atoms with Crippen LogP contribution in [0.15, 0.2) is 35.6 Å². The quantitative estimate of drug-likeness (QED) is 0.333. The molecule has 5 rings (SSSR count). The van der Waals surface area contributed by atoms with Crippen molar-refractivity contribution in [1.29, 1.82) is 0 Å². The largest absolute Gasteiger partial charge is 0.461 e. The van der Waals surface area contributed by atoms with E-state index in [1.807, 2.05) is 35.7 Å². The van der Waals surface area contributed by atoms with Gasteiger partial charge in [0.15, 0.2) is 5.82 Å². The summed E-state index contributed by atoms with van der Waals surface area (Å²) in [6, 6.07) is 3.62. The lowest BCUT2D eigenvalue weighted by atomic mass is 9.81. The molecule has 2 aromatic heterocycles. The van der Waals surface area contributed by atoms with Gasteiger partial charge in [0.25, 0.3) is 11.8 Å². The number of piperazine rings is 1. The number of carbonyl (C=O) groups is 3. The Morgan fingerprint density at radius 1 is 1.16 bits per heavy atom. The molecule has 0 bridgehead atoms. The van der Waals surface area contributed by atoms with E-state index in [-0.39, 0.29) is 30.4 Å². The van der Waals surface area contributed by atoms with Crippen LogP contribution in [0.25, 0.3) is 0 Å². The number of piperidine rings is 1. The molecule has 2 saturated heterocycles. The van der Waals surface area contributed by atoms with E-state index in [1.54, 1.807) is 30.2 Å². The van der Waals surface area contributed by atoms with E-state index in [4.69, 9.17) is 14.5 Å². The first-order valence-corrected chi connectivity index (χ1v) is 14.5. The minimum Gasteiger partial charge on any atom is -0.461 e. The van der Waals surface area contributed by atoms with Crippen molar-refractivity contribution in [2.75, 3.05) is 58.9 Å². The highest BCUT2D eigenvalue weighted by molar-refractivity contribution is 6.40. The molecule has 2 atom stereocenters. The Kier molecular flexibility index (Phi) is 8.92. The molecule has 2 amide bonds. The van der Waals surface area contributed by atoms with E-state index in [1.165, 1.54) is 6.92 Å². The highest BCUT2D eigenvalue weighted by Gasteiger charge is 2.39. The van der Waals surface area contributed by atoms with Crippen molar-refractivity contribution in [3.63, 3.8) is 0 Å². The van der Waals surface area contributed by atoms with Gasteiger partial charge < -0.3 is 19.3 Å². The number of hydrogen-bond acceptors (Lipinski definition) is 10. The van der Waals surface area contributed by atoms with E-state index in [2.05, 4.69) is 21.6 Å². The molecule has 3 aliphatic heterocycles. The lowest BCUT2D eigenvalue weighted by Crippen LogP contribution is -2.49. The molecule has 0 N–H and O–H groups in total. The Morgan fingerprint density at radius 3 is 2.70 bits per heavy atom. The molecule has 3 aliphatic rings. The number of likely N-dealkylation sites (N-methyl/N-ethyl adjacent to an activating group) is 2. The van der Waals surface area contributed by atoms with Gasteiger partial charge in [-0.25, -0.2) is 9.98 Å². The second-order valence-electron chi connectivity index (χ2n) is 11.3. The molecule has 0 radical (unpaired) electrons. The number of methoxy groups -OCH3 is 1. The number of anilines is 1. The molecule has 0 saturated carbocycles. The molecule has 13 nitrogen and oxygen atoms in total. The first-order valence-electron chi connectivity index (χ1n) is 14.5. The molecule has 13 heteroatoms. The maximum absolute atomic E-state index is 13.4. The summed E-state index contributed by atoms with van der Waals surface area (Å²) in [5, 5.41) is 4.68. The monoisotopic (exact) mass is 592 g/mol. The number of carbonyl (C=O) groups excluding carboxylic acids is 3. The van der Waals surface area contributed by atoms with Crippen LogP contribution in [0, 0.1) is 0 Å². The molecule has 2 aromatic rings. The van der Waals surface area contributed by atoms with Crippen LogP contribution in [0.1, 0.15) is 43.0 Å². The lowest BCUT2D eigenvalue weighted by Gasteiger charge is -2.39. The molecule has 5 heterocycles. The SMILES string of the molecule is C=C1C(=O)N(c2nccc(C3CC(=Nc4cc5n(n4)CCN(CCOC)C5)C(=O)N(C)C3C)c2COC(C)=O)CCN1C. The highest BCUT2D eigenvalue weighted by Crippen LogP contribution is 2.38. The zero-order valence-corrected chi connectivity index (χ0v) is 25.6. The van der Waals surface area contributed by atoms with Crippen molar-refractivity contribution in [2.24, 2.45) is 4.99 Å². The average Bonchev–Trinajstić information content (AvgIpc) is 3.39. The molecular weight excluding hydrogens is 552 g/mol. The molecule has 2 unspecified atom stereocenters. The molecule has 0 spiro atoms. The molecular formula is C30H40N8O5. The molecule has 2 fully saturated rings. The van der Waals surface area contributed by atoms with Gasteiger partial charge in [-0.05, 0) is 18.6 Å². The zero-order valence-electron chi connectivity index (χ0n) is 25.6. The van der Waals surface area contributed by atoms with Crippen molar-refractivity contribution >= 4 is 35.1 Å². The van der Waals surface area contributed by atoms with Crippen molar-refractivity contribution in [2.45, 2.75) is 51.9 Å². The van der Waals surface area contributed by atoms with Gasteiger partial charge in [-0.15, -0.1) is 0 Å². The van der Waals surface area contributed by atoms with Crippen LogP contribution in [0.2, 0.25) is 0 Å². The summed E-state index contributed by atoms with van der Waals surface area (Å²) >= 11 is 0. The van der Waals surface area contributed by atoms with E-state index in [0.29, 0.717) is 54.7 Å². The number of aliphatic imine (C=N–C) groups is 1. The Hall–Kier alpha value is -4.10. The van der Waals surface area contributed by atoms with Crippen LogP contribution in [0.3, 0.4) is 0 Å². The number of esters is 1. The standard InChI is InChI=1S/C30H40N8O5/c1-19-24(23-7-8-31-28(25(23)18-43-21(3)39)37-11-9-34(4)20(2)29(37)40)16-26(30(41)35(19)5)32-27-15-22-17-36(13-14-42-6)10-12-38(22)33-27/h7-8,15,19,24H,2,9-14,16-18H2,1,3-6H3. The third-order valence-electron chi connectivity index (χ3n) is 8.65. The van der Waals surface area contributed by atoms with Crippen LogP contribution in [-0.2, 0) is 43.6 Å². The molecule has 0 aliphatic carbocycles. The van der Waals surface area contributed by atoms with Crippen LogP contribution in [0.4, 0.5) is 11.6 Å². The van der Waals surface area contributed by atoms with Crippen LogP contribution >= 0.6 is 0 Å². The third kappa shape index (κ3) is 6.18. The molecule has 0 aromatic carbocycles. The minimum atomic E-state index is -0.439. The van der Waals surface area contributed by atoms with Gasteiger partial charge >= 0.3 is 5.97 Å². The van der Waals surface area contributed by atoms with E-state index in [0.717, 1.165) is 37.4 Å². The van der Waals surface area contributed by atoms with Crippen LogP contribution in [-0.4, -0.2) is 113 Å². The van der Waals surface area contributed by atoms with Crippen molar-refractivity contribution in [3.05, 3.63) is 47.4 Å². The van der Waals surface area contributed by atoms with Crippen molar-refractivity contribution in [3.8, 4) is 0 Å². The number of likely N-dealkylation sites (tertiary alicyclic amines) is 1. The summed E-state index contributed by atoms with van der Waals surface area (Å²) < 4.78 is 12.7. The van der Waals surface area contributed by atoms with Crippen LogP contribution < -0.4 is 4.90 Å². The van der Waals surface area contributed by atoms with E-state index >= 15 is 0 Å². The number of rotatable bonds is 8. The highest BCUT2D eigenvalue weighted by atomic mass is 16.5. The Bertz CT molecular complexity index is 1450. The fourth-order valence-corrected chi connectivity index (χ4v) is 5.90. The first-order chi connectivity index (χ1) is 20.6. The molecule has 230 valence electrons. The third-order valence-corrected chi connectivity index (χ3v) is 8.65. The van der Waals surface area contributed by atoms with Gasteiger partial charge in [-0.1, -0.05) is 6.58 Å². The van der Waals surface area contributed by atoms with Gasteiger partial charge in [0.05, 0.1) is 24.5 Å². The summed E-state index contributed by atoms with van der Waals surface area (Å²) in [7, 11) is 5.29. The number of nitrogens with zero attached hydrogens (tertiary/aromatic N) is 8. The van der Waals surface area contributed by atoms with Gasteiger partial charge in [-0.3, -0.25) is 28.9 Å². The Balaban J connectivity index is 1.48. The Labute approximate surface area is 251 Å². The summed E-state index contributed by atoms with van der Waals surface area (Å²) in [6.45, 7) is 12.1. The second kappa shape index (κ2) is 12.6. The zero-order chi connectivity index (χ0) is 30.8. The van der Waals surface area contributed by atoms with Gasteiger partial charge in [0.1, 0.15) is 18.1 Å². The number of amides is 2. The number of aromatic nitrogens is 3. The topological polar surface area (TPSA) is 126 Å².